The smallest absolute Gasteiger partial charge is 0.224 e. The van der Waals surface area contributed by atoms with Gasteiger partial charge < -0.3 is 11.1 Å². The molecule has 2 atom stereocenters. The molecule has 2 rings (SSSR count). The van der Waals surface area contributed by atoms with Crippen LogP contribution in [0.25, 0.3) is 0 Å². The van der Waals surface area contributed by atoms with Crippen LogP contribution in [0.4, 0.5) is 5.95 Å². The summed E-state index contributed by atoms with van der Waals surface area (Å²) < 4.78 is 0. The quantitative estimate of drug-likeness (QED) is 0.815. The average Bonchev–Trinajstić information content (AvgIpc) is 2.20. The molecule has 1 aromatic rings. The lowest BCUT2D eigenvalue weighted by Crippen LogP contribution is -2.43. The Morgan fingerprint density at radius 3 is 2.71 bits per heavy atom. The van der Waals surface area contributed by atoms with E-state index in [1.54, 1.807) is 6.07 Å². The maximum absolute atomic E-state index is 6.05. The second-order valence-electron chi connectivity index (χ2n) is 4.35. The first-order valence-electron chi connectivity index (χ1n) is 5.68. The number of nitrogens with zero attached hydrogens (tertiary/aromatic N) is 2. The van der Waals surface area contributed by atoms with E-state index in [0.29, 0.717) is 11.1 Å². The first-order valence-corrected chi connectivity index (χ1v) is 6.06. The van der Waals surface area contributed by atoms with Gasteiger partial charge in [-0.25, -0.2) is 9.97 Å². The van der Waals surface area contributed by atoms with E-state index in [2.05, 4.69) is 15.3 Å². The molecule has 0 aromatic carbocycles. The Morgan fingerprint density at radius 2 is 2.06 bits per heavy atom. The number of hydrogen-bond acceptors (Lipinski definition) is 4. The number of aromatic nitrogens is 2. The average molecular weight is 277 g/mol. The molecule has 96 valence electrons. The van der Waals surface area contributed by atoms with Crippen LogP contribution in [0.1, 0.15) is 31.4 Å². The Kier molecular flexibility index (Phi) is 5.43. The highest BCUT2D eigenvalue weighted by molar-refractivity contribution is 6.29. The van der Waals surface area contributed by atoms with Gasteiger partial charge in [-0.05, 0) is 25.8 Å². The first-order chi connectivity index (χ1) is 7.65. The van der Waals surface area contributed by atoms with Crippen molar-refractivity contribution in [2.75, 3.05) is 5.32 Å². The van der Waals surface area contributed by atoms with Crippen LogP contribution >= 0.6 is 24.0 Å². The second kappa shape index (κ2) is 6.38. The topological polar surface area (TPSA) is 63.8 Å². The zero-order valence-electron chi connectivity index (χ0n) is 9.82. The van der Waals surface area contributed by atoms with Crippen molar-refractivity contribution in [3.63, 3.8) is 0 Å². The number of halogens is 2. The minimum Gasteiger partial charge on any atom is -0.350 e. The summed E-state index contributed by atoms with van der Waals surface area (Å²) in [6.07, 6.45) is 4.58. The summed E-state index contributed by atoms with van der Waals surface area (Å²) in [4.78, 5) is 8.45. The molecule has 0 saturated heterocycles. The van der Waals surface area contributed by atoms with Crippen molar-refractivity contribution in [1.82, 2.24) is 9.97 Å². The molecule has 0 bridgehead atoms. The van der Waals surface area contributed by atoms with Gasteiger partial charge in [0.2, 0.25) is 5.95 Å². The summed E-state index contributed by atoms with van der Waals surface area (Å²) >= 11 is 5.88. The number of rotatable bonds is 2. The molecule has 6 heteroatoms. The zero-order valence-corrected chi connectivity index (χ0v) is 11.4. The number of anilines is 1. The van der Waals surface area contributed by atoms with E-state index in [-0.39, 0.29) is 24.5 Å². The zero-order chi connectivity index (χ0) is 11.5. The monoisotopic (exact) mass is 276 g/mol. The summed E-state index contributed by atoms with van der Waals surface area (Å²) in [5, 5.41) is 3.75. The summed E-state index contributed by atoms with van der Waals surface area (Å²) in [7, 11) is 0. The van der Waals surface area contributed by atoms with Gasteiger partial charge in [0.05, 0.1) is 0 Å². The van der Waals surface area contributed by atoms with Gasteiger partial charge in [0.1, 0.15) is 5.15 Å². The molecule has 1 fully saturated rings. The Bertz CT molecular complexity index is 352. The molecule has 0 aliphatic heterocycles. The molecule has 1 aromatic heterocycles. The van der Waals surface area contributed by atoms with E-state index in [1.165, 1.54) is 12.8 Å². The predicted octanol–water partition coefficient (Wildman–Crippen LogP) is 2.54. The molecule has 1 saturated carbocycles. The van der Waals surface area contributed by atoms with E-state index in [1.807, 2.05) is 6.92 Å². The van der Waals surface area contributed by atoms with Crippen molar-refractivity contribution in [3.05, 3.63) is 16.9 Å². The lowest BCUT2D eigenvalue weighted by atomic mass is 9.91. The Morgan fingerprint density at radius 1 is 1.35 bits per heavy atom. The fourth-order valence-electron chi connectivity index (χ4n) is 2.10. The van der Waals surface area contributed by atoms with E-state index < -0.39 is 0 Å². The van der Waals surface area contributed by atoms with Gasteiger partial charge >= 0.3 is 0 Å². The SMILES string of the molecule is Cc1cc(Cl)nc(NC2CCCCC2N)n1.Cl. The molecule has 4 nitrogen and oxygen atoms in total. The molecular formula is C11H18Cl2N4. The number of hydrogen-bond donors (Lipinski definition) is 2. The molecule has 3 N–H and O–H groups in total. The lowest BCUT2D eigenvalue weighted by molar-refractivity contribution is 0.402. The highest BCUT2D eigenvalue weighted by Crippen LogP contribution is 2.20. The lowest BCUT2D eigenvalue weighted by Gasteiger charge is -2.29. The van der Waals surface area contributed by atoms with Gasteiger partial charge in [-0.2, -0.15) is 0 Å². The van der Waals surface area contributed by atoms with E-state index in [9.17, 15) is 0 Å². The van der Waals surface area contributed by atoms with Crippen molar-refractivity contribution in [2.45, 2.75) is 44.7 Å². The van der Waals surface area contributed by atoms with Gasteiger partial charge in [-0.15, -0.1) is 12.4 Å². The number of nitrogens with two attached hydrogens (primary N) is 1. The van der Waals surface area contributed by atoms with E-state index in [4.69, 9.17) is 17.3 Å². The number of nitrogens with one attached hydrogen (secondary N) is 1. The molecule has 17 heavy (non-hydrogen) atoms. The molecule has 0 radical (unpaired) electrons. The molecule has 2 unspecified atom stereocenters. The third kappa shape index (κ3) is 3.98. The van der Waals surface area contributed by atoms with Crippen molar-refractivity contribution in [3.8, 4) is 0 Å². The first kappa shape index (κ1) is 14.5. The number of aryl methyl sites for hydroxylation is 1. The van der Waals surface area contributed by atoms with Crippen LogP contribution in [0.2, 0.25) is 5.15 Å². The minimum atomic E-state index is 0. The summed E-state index contributed by atoms with van der Waals surface area (Å²) in [5.41, 5.74) is 6.92. The maximum Gasteiger partial charge on any atom is 0.224 e. The molecular weight excluding hydrogens is 259 g/mol. The van der Waals surface area contributed by atoms with Crippen LogP contribution in [0.15, 0.2) is 6.07 Å². The van der Waals surface area contributed by atoms with Crippen molar-refractivity contribution in [2.24, 2.45) is 5.73 Å². The van der Waals surface area contributed by atoms with Gasteiger partial charge in [0, 0.05) is 17.8 Å². The van der Waals surface area contributed by atoms with Crippen LogP contribution in [-0.4, -0.2) is 22.1 Å². The largest absolute Gasteiger partial charge is 0.350 e. The van der Waals surface area contributed by atoms with Gasteiger partial charge in [-0.3, -0.25) is 0 Å². The molecule has 1 aliphatic carbocycles. The van der Waals surface area contributed by atoms with Gasteiger partial charge in [0.25, 0.3) is 0 Å². The Labute approximate surface area is 113 Å². The Balaban J connectivity index is 0.00000144. The maximum atomic E-state index is 6.05. The van der Waals surface area contributed by atoms with E-state index in [0.717, 1.165) is 18.5 Å². The van der Waals surface area contributed by atoms with Crippen LogP contribution in [-0.2, 0) is 0 Å². The van der Waals surface area contributed by atoms with Crippen LogP contribution < -0.4 is 11.1 Å². The standard InChI is InChI=1S/C11H17ClN4.ClH/c1-7-6-10(12)16-11(14-7)15-9-5-3-2-4-8(9)13;/h6,8-9H,2-5,13H2,1H3,(H,14,15,16);1H. The van der Waals surface area contributed by atoms with E-state index >= 15 is 0 Å². The van der Waals surface area contributed by atoms with Gasteiger partial charge in [-0.1, -0.05) is 24.4 Å². The van der Waals surface area contributed by atoms with Crippen molar-refractivity contribution >= 4 is 30.0 Å². The summed E-state index contributed by atoms with van der Waals surface area (Å²) in [6, 6.07) is 2.20. The third-order valence-corrected chi connectivity index (χ3v) is 3.15. The summed E-state index contributed by atoms with van der Waals surface area (Å²) in [6.45, 7) is 1.90. The van der Waals surface area contributed by atoms with Crippen LogP contribution in [0, 0.1) is 6.92 Å². The molecule has 0 spiro atoms. The molecule has 0 amide bonds. The van der Waals surface area contributed by atoms with Crippen molar-refractivity contribution < 1.29 is 0 Å². The fraction of sp³-hybridized carbons (Fsp3) is 0.636. The summed E-state index contributed by atoms with van der Waals surface area (Å²) in [5.74, 6) is 0.590. The van der Waals surface area contributed by atoms with Crippen molar-refractivity contribution in [1.29, 1.82) is 0 Å². The third-order valence-electron chi connectivity index (χ3n) is 2.96. The second-order valence-corrected chi connectivity index (χ2v) is 4.74. The normalized spacial score (nSPS) is 23.9. The predicted molar refractivity (Wildman–Crippen MR) is 72.9 cm³/mol. The minimum absolute atomic E-state index is 0. The highest BCUT2D eigenvalue weighted by atomic mass is 35.5. The van der Waals surface area contributed by atoms with Crippen LogP contribution in [0.5, 0.6) is 0 Å². The fourth-order valence-corrected chi connectivity index (χ4v) is 2.34. The van der Waals surface area contributed by atoms with Crippen LogP contribution in [0.3, 0.4) is 0 Å². The highest BCUT2D eigenvalue weighted by Gasteiger charge is 2.22. The Hall–Kier alpha value is -0.580. The molecule has 1 aliphatic rings. The molecule has 1 heterocycles. The van der Waals surface area contributed by atoms with Gasteiger partial charge in [0.15, 0.2) is 0 Å².